The Balaban J connectivity index is 1.79. The normalized spacial score (nSPS) is 12.3. The minimum absolute atomic E-state index is 0.163. The van der Waals surface area contributed by atoms with Crippen molar-refractivity contribution in [3.63, 3.8) is 0 Å². The molecule has 0 aliphatic carbocycles. The molecule has 0 aliphatic rings. The number of nitrogens with zero attached hydrogens (tertiary/aromatic N) is 3. The Morgan fingerprint density at radius 2 is 2.09 bits per heavy atom. The first-order valence-electron chi connectivity index (χ1n) is 6.84. The van der Waals surface area contributed by atoms with Crippen LogP contribution in [-0.4, -0.2) is 20.9 Å². The number of fused-ring (bicyclic) bond motifs is 1. The summed E-state index contributed by atoms with van der Waals surface area (Å²) < 4.78 is 7.20. The minimum atomic E-state index is -0.163. The van der Waals surface area contributed by atoms with Gasteiger partial charge in [-0.15, -0.1) is 16.9 Å². The fourth-order valence-electron chi connectivity index (χ4n) is 2.20. The van der Waals surface area contributed by atoms with Crippen LogP contribution in [-0.2, 0) is 0 Å². The zero-order valence-electron chi connectivity index (χ0n) is 12.1. The summed E-state index contributed by atoms with van der Waals surface area (Å²) in [6, 6.07) is 11.6. The molecule has 0 unspecified atom stereocenters. The van der Waals surface area contributed by atoms with Gasteiger partial charge in [-0.1, -0.05) is 23.5 Å². The van der Waals surface area contributed by atoms with Gasteiger partial charge in [-0.05, 0) is 42.2 Å². The van der Waals surface area contributed by atoms with Crippen molar-refractivity contribution in [1.82, 2.24) is 14.6 Å². The van der Waals surface area contributed by atoms with Gasteiger partial charge in [0.05, 0.1) is 10.8 Å². The van der Waals surface area contributed by atoms with Crippen molar-refractivity contribution in [2.24, 2.45) is 0 Å². The van der Waals surface area contributed by atoms with Gasteiger partial charge in [-0.25, -0.2) is 0 Å². The standard InChI is InChI=1S/C16H11N3O2S2/c1-22-11-6-4-10(5-7-11)9-13-15(20)19-16(23-13)17-14(18-19)12-3-2-8-21-12/h2-9H,1H3/b13-9-. The van der Waals surface area contributed by atoms with E-state index in [4.69, 9.17) is 4.42 Å². The highest BCUT2D eigenvalue weighted by atomic mass is 32.2. The molecule has 0 radical (unpaired) electrons. The van der Waals surface area contributed by atoms with E-state index >= 15 is 0 Å². The Hall–Kier alpha value is -2.38. The van der Waals surface area contributed by atoms with Gasteiger partial charge in [0.15, 0.2) is 5.76 Å². The van der Waals surface area contributed by atoms with Crippen LogP contribution in [0, 0.1) is 0 Å². The molecule has 0 saturated carbocycles. The number of hydrogen-bond donors (Lipinski definition) is 0. The van der Waals surface area contributed by atoms with Crippen molar-refractivity contribution in [2.75, 3.05) is 6.26 Å². The topological polar surface area (TPSA) is 60.4 Å². The third-order valence-corrected chi connectivity index (χ3v) is 5.04. The van der Waals surface area contributed by atoms with Crippen molar-refractivity contribution in [3.8, 4) is 11.6 Å². The van der Waals surface area contributed by atoms with Crippen LogP contribution in [0.4, 0.5) is 0 Å². The maximum atomic E-state index is 12.4. The molecule has 0 amide bonds. The lowest BCUT2D eigenvalue weighted by Gasteiger charge is -1.95. The maximum Gasteiger partial charge on any atom is 0.291 e. The lowest BCUT2D eigenvalue weighted by molar-refractivity contribution is 0.577. The quantitative estimate of drug-likeness (QED) is 0.536. The second-order valence-corrected chi connectivity index (χ2v) is 6.68. The molecule has 0 saturated heterocycles. The molecule has 1 aromatic carbocycles. The Bertz CT molecular complexity index is 1060. The monoisotopic (exact) mass is 341 g/mol. The average Bonchev–Trinajstić information content (AvgIpc) is 3.27. The summed E-state index contributed by atoms with van der Waals surface area (Å²) in [7, 11) is 0. The van der Waals surface area contributed by atoms with E-state index < -0.39 is 0 Å². The molecule has 114 valence electrons. The van der Waals surface area contributed by atoms with Gasteiger partial charge in [0, 0.05) is 4.90 Å². The Kier molecular flexibility index (Phi) is 3.51. The predicted molar refractivity (Wildman–Crippen MR) is 91.8 cm³/mol. The molecule has 3 heterocycles. The molecular formula is C16H11N3O2S2. The van der Waals surface area contributed by atoms with Gasteiger partial charge >= 0.3 is 0 Å². The molecule has 4 rings (SSSR count). The molecule has 3 aromatic heterocycles. The van der Waals surface area contributed by atoms with Gasteiger partial charge in [0.1, 0.15) is 0 Å². The van der Waals surface area contributed by atoms with Crippen LogP contribution in [0.25, 0.3) is 22.6 Å². The van der Waals surface area contributed by atoms with E-state index in [0.29, 0.717) is 21.1 Å². The fourth-order valence-corrected chi connectivity index (χ4v) is 3.51. The van der Waals surface area contributed by atoms with Crippen LogP contribution in [0.1, 0.15) is 5.56 Å². The maximum absolute atomic E-state index is 12.4. The summed E-state index contributed by atoms with van der Waals surface area (Å²) in [5.74, 6) is 0.979. The molecule has 5 nitrogen and oxygen atoms in total. The number of furan rings is 1. The number of hydrogen-bond acceptors (Lipinski definition) is 6. The van der Waals surface area contributed by atoms with Crippen molar-refractivity contribution >= 4 is 34.1 Å². The number of thioether (sulfide) groups is 1. The van der Waals surface area contributed by atoms with Crippen molar-refractivity contribution in [1.29, 1.82) is 0 Å². The van der Waals surface area contributed by atoms with Gasteiger partial charge in [0.2, 0.25) is 10.8 Å². The largest absolute Gasteiger partial charge is 0.461 e. The van der Waals surface area contributed by atoms with E-state index in [-0.39, 0.29) is 5.56 Å². The molecular weight excluding hydrogens is 330 g/mol. The van der Waals surface area contributed by atoms with Crippen LogP contribution in [0.5, 0.6) is 0 Å². The summed E-state index contributed by atoms with van der Waals surface area (Å²) in [6.07, 6.45) is 5.45. The molecule has 0 aliphatic heterocycles. The van der Waals surface area contributed by atoms with E-state index in [1.54, 1.807) is 30.2 Å². The minimum Gasteiger partial charge on any atom is -0.461 e. The van der Waals surface area contributed by atoms with Crippen LogP contribution in [0.2, 0.25) is 0 Å². The van der Waals surface area contributed by atoms with E-state index in [9.17, 15) is 4.79 Å². The number of rotatable bonds is 3. The van der Waals surface area contributed by atoms with E-state index in [2.05, 4.69) is 10.1 Å². The van der Waals surface area contributed by atoms with Crippen LogP contribution < -0.4 is 10.1 Å². The lowest BCUT2D eigenvalue weighted by Crippen LogP contribution is -2.23. The van der Waals surface area contributed by atoms with Gasteiger partial charge in [-0.3, -0.25) is 4.79 Å². The zero-order valence-corrected chi connectivity index (χ0v) is 13.7. The summed E-state index contributed by atoms with van der Waals surface area (Å²) in [6.45, 7) is 0. The third-order valence-electron chi connectivity index (χ3n) is 3.34. The van der Waals surface area contributed by atoms with Gasteiger partial charge in [0.25, 0.3) is 5.56 Å². The van der Waals surface area contributed by atoms with E-state index in [0.717, 1.165) is 5.56 Å². The van der Waals surface area contributed by atoms with Crippen molar-refractivity contribution < 1.29 is 4.42 Å². The predicted octanol–water partition coefficient (Wildman–Crippen LogP) is 2.68. The third kappa shape index (κ3) is 2.58. The van der Waals surface area contributed by atoms with Crippen LogP contribution >= 0.6 is 23.1 Å². The first-order chi connectivity index (χ1) is 11.2. The highest BCUT2D eigenvalue weighted by molar-refractivity contribution is 7.98. The Morgan fingerprint density at radius 1 is 1.26 bits per heavy atom. The summed E-state index contributed by atoms with van der Waals surface area (Å²) in [5.41, 5.74) is 0.819. The molecule has 0 atom stereocenters. The molecule has 0 bridgehead atoms. The average molecular weight is 341 g/mol. The molecule has 23 heavy (non-hydrogen) atoms. The number of benzene rings is 1. The molecule has 0 fully saturated rings. The zero-order chi connectivity index (χ0) is 15.8. The first kappa shape index (κ1) is 14.2. The molecule has 4 aromatic rings. The highest BCUT2D eigenvalue weighted by Gasteiger charge is 2.13. The fraction of sp³-hybridized carbons (Fsp3) is 0.0625. The number of aromatic nitrogens is 3. The summed E-state index contributed by atoms with van der Waals surface area (Å²) >= 11 is 3.01. The molecule has 0 spiro atoms. The lowest BCUT2D eigenvalue weighted by atomic mass is 10.2. The second kappa shape index (κ2) is 5.68. The SMILES string of the molecule is CSc1ccc(/C=c2\sc3nc(-c4ccco4)nn3c2=O)cc1. The van der Waals surface area contributed by atoms with Gasteiger partial charge < -0.3 is 4.42 Å². The van der Waals surface area contributed by atoms with Crippen molar-refractivity contribution in [3.05, 3.63) is 63.1 Å². The first-order valence-corrected chi connectivity index (χ1v) is 8.88. The molecule has 7 heteroatoms. The van der Waals surface area contributed by atoms with Crippen LogP contribution in [0.3, 0.4) is 0 Å². The Labute approximate surface area is 139 Å². The van der Waals surface area contributed by atoms with E-state index in [1.165, 1.54) is 20.7 Å². The Morgan fingerprint density at radius 3 is 2.74 bits per heavy atom. The second-order valence-electron chi connectivity index (χ2n) is 4.80. The molecule has 0 N–H and O–H groups in total. The summed E-state index contributed by atoms with van der Waals surface area (Å²) in [5, 5.41) is 4.23. The van der Waals surface area contributed by atoms with E-state index in [1.807, 2.05) is 36.6 Å². The highest BCUT2D eigenvalue weighted by Crippen LogP contribution is 2.17. The smallest absolute Gasteiger partial charge is 0.291 e. The summed E-state index contributed by atoms with van der Waals surface area (Å²) in [4.78, 5) is 18.6. The van der Waals surface area contributed by atoms with Gasteiger partial charge in [-0.2, -0.15) is 9.50 Å². The number of thiazole rings is 1. The van der Waals surface area contributed by atoms with Crippen LogP contribution in [0.15, 0.2) is 56.8 Å². The van der Waals surface area contributed by atoms with Crippen molar-refractivity contribution in [2.45, 2.75) is 4.90 Å².